The van der Waals surface area contributed by atoms with Gasteiger partial charge in [-0.05, 0) is 144 Å². The molecule has 0 aliphatic heterocycles. The Bertz CT molecular complexity index is 3650. The van der Waals surface area contributed by atoms with E-state index >= 15 is 0 Å². The lowest BCUT2D eigenvalue weighted by Crippen LogP contribution is -1.96. The van der Waals surface area contributed by atoms with Crippen LogP contribution in [0.2, 0.25) is 0 Å². The van der Waals surface area contributed by atoms with E-state index in [2.05, 4.69) is 279 Å². The fourth-order valence-corrected chi connectivity index (χ4v) is 11.3. The van der Waals surface area contributed by atoms with Crippen LogP contribution in [0.25, 0.3) is 110 Å². The molecule has 0 heterocycles. The van der Waals surface area contributed by atoms with Gasteiger partial charge in [-0.15, -0.1) is 0 Å². The van der Waals surface area contributed by atoms with Gasteiger partial charge in [0.05, 0.1) is 0 Å². The molecule has 326 valence electrons. The summed E-state index contributed by atoms with van der Waals surface area (Å²) < 4.78 is 0. The highest BCUT2D eigenvalue weighted by atomic mass is 14.3. The third-order valence-electron chi connectivity index (χ3n) is 14.3. The van der Waals surface area contributed by atoms with Gasteiger partial charge in [0.1, 0.15) is 0 Å². The Morgan fingerprint density at radius 1 is 0.171 bits per heavy atom. The van der Waals surface area contributed by atoms with Crippen molar-refractivity contribution >= 4 is 87.9 Å². The summed E-state index contributed by atoms with van der Waals surface area (Å²) in [7, 11) is 0. The van der Waals surface area contributed by atoms with E-state index in [1.807, 2.05) is 0 Å². The Kier molecular flexibility index (Phi) is 10.3. The third-order valence-corrected chi connectivity index (χ3v) is 14.3. The zero-order valence-corrected chi connectivity index (χ0v) is 38.6. The Hall–Kier alpha value is -9.10. The van der Waals surface area contributed by atoms with Crippen molar-refractivity contribution < 1.29 is 0 Å². The predicted molar refractivity (Wildman–Crippen MR) is 302 cm³/mol. The van der Waals surface area contributed by atoms with Gasteiger partial charge >= 0.3 is 0 Å². The third kappa shape index (κ3) is 6.92. The van der Waals surface area contributed by atoms with Gasteiger partial charge in [0.25, 0.3) is 0 Å². The van der Waals surface area contributed by atoms with Crippen LogP contribution in [-0.4, -0.2) is 0 Å². The molecule has 0 N–H and O–H groups in total. The van der Waals surface area contributed by atoms with Crippen molar-refractivity contribution in [3.8, 4) is 22.3 Å². The normalized spacial score (nSPS) is 11.4. The van der Waals surface area contributed by atoms with Crippen LogP contribution in [0.3, 0.4) is 0 Å². The van der Waals surface area contributed by atoms with Crippen molar-refractivity contribution in [2.24, 2.45) is 0 Å². The second-order valence-electron chi connectivity index (χ2n) is 18.2. The standard InChI is InChI=1S/C70H46/c1-5-25-47(26-6-1)63(48-27-7-2-8-28-48)45-65-51-33-13-17-37-55(51)67(56-38-18-14-34-52(56)65)69-59-41-21-23-43-61(59)70(62-44-24-22-42-60(62)69)68-57-39-19-15-35-53(57)66(54-36-16-20-40-58(54)68)46-64(49-29-9-3-10-30-49)50-31-11-4-12-32-50/h1-46H. The summed E-state index contributed by atoms with van der Waals surface area (Å²) in [5.74, 6) is 0. The summed E-state index contributed by atoms with van der Waals surface area (Å²) in [5, 5.41) is 14.8. The second-order valence-corrected chi connectivity index (χ2v) is 18.2. The molecule has 0 aromatic heterocycles. The molecule has 0 unspecified atom stereocenters. The molecular formula is C70H46. The molecule has 0 amide bonds. The van der Waals surface area contributed by atoms with Gasteiger partial charge in [0.2, 0.25) is 0 Å². The number of fused-ring (bicyclic) bond motifs is 6. The fourth-order valence-electron chi connectivity index (χ4n) is 11.3. The molecule has 13 aromatic carbocycles. The zero-order chi connectivity index (χ0) is 46.4. The highest BCUT2D eigenvalue weighted by molar-refractivity contribution is 6.32. The first-order chi connectivity index (χ1) is 34.8. The highest BCUT2D eigenvalue weighted by Gasteiger charge is 2.24. The summed E-state index contributed by atoms with van der Waals surface area (Å²) >= 11 is 0. The maximum absolute atomic E-state index is 2.43. The molecule has 0 fully saturated rings. The summed E-state index contributed by atoms with van der Waals surface area (Å²) in [5.41, 5.74) is 14.6. The monoisotopic (exact) mass is 886 g/mol. The molecular weight excluding hydrogens is 841 g/mol. The molecule has 0 aliphatic carbocycles. The average Bonchev–Trinajstić information content (AvgIpc) is 3.44. The Morgan fingerprint density at radius 3 is 0.529 bits per heavy atom. The minimum Gasteiger partial charge on any atom is -0.0622 e. The molecule has 0 radical (unpaired) electrons. The van der Waals surface area contributed by atoms with E-state index in [9.17, 15) is 0 Å². The average molecular weight is 887 g/mol. The van der Waals surface area contributed by atoms with Crippen LogP contribution < -0.4 is 0 Å². The van der Waals surface area contributed by atoms with E-state index in [0.29, 0.717) is 0 Å². The molecule has 0 nitrogen and oxygen atoms in total. The molecule has 13 rings (SSSR count). The van der Waals surface area contributed by atoms with Gasteiger partial charge < -0.3 is 0 Å². The first-order valence-corrected chi connectivity index (χ1v) is 24.3. The Labute approximate surface area is 408 Å². The lowest BCUT2D eigenvalue weighted by Gasteiger charge is -2.23. The molecule has 0 aliphatic rings. The van der Waals surface area contributed by atoms with Gasteiger partial charge in [0.15, 0.2) is 0 Å². The second kappa shape index (κ2) is 17.5. The lowest BCUT2D eigenvalue weighted by atomic mass is 9.79. The van der Waals surface area contributed by atoms with E-state index in [4.69, 9.17) is 0 Å². The van der Waals surface area contributed by atoms with Gasteiger partial charge in [-0.2, -0.15) is 0 Å². The Balaban J connectivity index is 1.12. The van der Waals surface area contributed by atoms with E-state index in [-0.39, 0.29) is 0 Å². The molecule has 13 aromatic rings. The molecule has 0 spiro atoms. The van der Waals surface area contributed by atoms with Crippen LogP contribution in [0.5, 0.6) is 0 Å². The van der Waals surface area contributed by atoms with Crippen molar-refractivity contribution in [1.82, 2.24) is 0 Å². The lowest BCUT2D eigenvalue weighted by molar-refractivity contribution is 1.56. The topological polar surface area (TPSA) is 0 Å². The van der Waals surface area contributed by atoms with Crippen molar-refractivity contribution in [3.63, 3.8) is 0 Å². The first-order valence-electron chi connectivity index (χ1n) is 24.3. The minimum atomic E-state index is 1.19. The van der Waals surface area contributed by atoms with E-state index in [1.54, 1.807) is 0 Å². The van der Waals surface area contributed by atoms with Crippen molar-refractivity contribution in [2.75, 3.05) is 0 Å². The van der Waals surface area contributed by atoms with Crippen LogP contribution in [0.4, 0.5) is 0 Å². The van der Waals surface area contributed by atoms with Crippen LogP contribution in [0.1, 0.15) is 33.4 Å². The van der Waals surface area contributed by atoms with Crippen molar-refractivity contribution in [1.29, 1.82) is 0 Å². The van der Waals surface area contributed by atoms with E-state index in [0.717, 1.165) is 0 Å². The summed E-state index contributed by atoms with van der Waals surface area (Å²) in [6.07, 6.45) is 4.85. The van der Waals surface area contributed by atoms with Gasteiger partial charge in [-0.3, -0.25) is 0 Å². The fraction of sp³-hybridized carbons (Fsp3) is 0. The molecule has 0 bridgehead atoms. The van der Waals surface area contributed by atoms with Crippen molar-refractivity contribution in [3.05, 3.63) is 300 Å². The molecule has 0 saturated heterocycles. The van der Waals surface area contributed by atoms with Crippen LogP contribution >= 0.6 is 0 Å². The smallest absolute Gasteiger partial charge is 0.00139 e. The SMILES string of the molecule is C(=C(c1ccccc1)c1ccccc1)c1c2ccccc2c(-c2c3ccccc3c(-c3c4ccccc4c(C=C(c4ccccc4)c4ccccc4)c4ccccc34)c3ccccc23)c2ccccc12. The largest absolute Gasteiger partial charge is 0.0622 e. The molecule has 0 atom stereocenters. The zero-order valence-electron chi connectivity index (χ0n) is 38.6. The van der Waals surface area contributed by atoms with E-state index < -0.39 is 0 Å². The first kappa shape index (κ1) is 41.1. The number of hydrogen-bond donors (Lipinski definition) is 0. The summed E-state index contributed by atoms with van der Waals surface area (Å²) in [6, 6.07) is 97.8. The number of hydrogen-bond acceptors (Lipinski definition) is 0. The molecule has 0 saturated carbocycles. The maximum Gasteiger partial charge on any atom is -0.00139 e. The van der Waals surface area contributed by atoms with Crippen molar-refractivity contribution in [2.45, 2.75) is 0 Å². The van der Waals surface area contributed by atoms with Gasteiger partial charge in [0, 0.05) is 0 Å². The summed E-state index contributed by atoms with van der Waals surface area (Å²) in [4.78, 5) is 0. The van der Waals surface area contributed by atoms with Gasteiger partial charge in [-0.1, -0.05) is 267 Å². The number of rotatable bonds is 8. The van der Waals surface area contributed by atoms with Gasteiger partial charge in [-0.25, -0.2) is 0 Å². The number of benzene rings is 13. The van der Waals surface area contributed by atoms with E-state index in [1.165, 1.54) is 131 Å². The molecule has 70 heavy (non-hydrogen) atoms. The van der Waals surface area contributed by atoms with Crippen LogP contribution in [0, 0.1) is 0 Å². The maximum atomic E-state index is 2.43. The van der Waals surface area contributed by atoms with Crippen LogP contribution in [0.15, 0.2) is 267 Å². The van der Waals surface area contributed by atoms with Crippen LogP contribution in [-0.2, 0) is 0 Å². The highest BCUT2D eigenvalue weighted by Crippen LogP contribution is 2.52. The predicted octanol–water partition coefficient (Wildman–Crippen LogP) is 19.1. The quantitative estimate of drug-likeness (QED) is 0.105. The Morgan fingerprint density at radius 2 is 0.329 bits per heavy atom. The molecule has 0 heteroatoms. The minimum absolute atomic E-state index is 1.19. The summed E-state index contributed by atoms with van der Waals surface area (Å²) in [6.45, 7) is 0.